The van der Waals surface area contributed by atoms with Crippen LogP contribution in [0.5, 0.6) is 0 Å². The Kier molecular flexibility index (Phi) is 5.71. The van der Waals surface area contributed by atoms with Crippen LogP contribution in [0.2, 0.25) is 0 Å². The van der Waals surface area contributed by atoms with E-state index in [0.717, 1.165) is 9.87 Å². The van der Waals surface area contributed by atoms with Crippen LogP contribution in [0.15, 0.2) is 29.2 Å². The Morgan fingerprint density at radius 3 is 2.21 bits per heavy atom. The molecule has 0 aromatic heterocycles. The number of benzene rings is 1. The number of hydrogen-bond donors (Lipinski definition) is 2. The fourth-order valence-corrected chi connectivity index (χ4v) is 6.35. The maximum absolute atomic E-state index is 12.9. The average Bonchev–Trinajstić information content (AvgIpc) is 2.77. The Bertz CT molecular complexity index is 771. The minimum absolute atomic E-state index is 0.0110. The first-order valence-electron chi connectivity index (χ1n) is 7.69. The second kappa shape index (κ2) is 7.09. The molecule has 0 spiro atoms. The lowest BCUT2D eigenvalue weighted by Crippen LogP contribution is -2.47. The zero-order chi connectivity index (χ0) is 18.1. The van der Waals surface area contributed by atoms with Crippen molar-refractivity contribution in [3.63, 3.8) is 0 Å². The summed E-state index contributed by atoms with van der Waals surface area (Å²) in [6, 6.07) is 5.25. The van der Waals surface area contributed by atoms with E-state index in [0.29, 0.717) is 0 Å². The monoisotopic (exact) mass is 377 g/mol. The van der Waals surface area contributed by atoms with Gasteiger partial charge >= 0.3 is 0 Å². The van der Waals surface area contributed by atoms with E-state index in [1.54, 1.807) is 12.1 Å². The van der Waals surface area contributed by atoms with E-state index >= 15 is 0 Å². The highest BCUT2D eigenvalue weighted by Gasteiger charge is 2.44. The second-order valence-corrected chi connectivity index (χ2v) is 10.3. The van der Waals surface area contributed by atoms with Crippen molar-refractivity contribution in [1.82, 2.24) is 4.31 Å². The van der Waals surface area contributed by atoms with Gasteiger partial charge in [0.25, 0.3) is 0 Å². The first-order chi connectivity index (χ1) is 11.1. The molecule has 1 saturated heterocycles. The van der Waals surface area contributed by atoms with Crippen LogP contribution in [-0.4, -0.2) is 68.2 Å². The van der Waals surface area contributed by atoms with Crippen LogP contribution in [0.1, 0.15) is 25.3 Å². The van der Waals surface area contributed by atoms with E-state index in [-0.39, 0.29) is 17.4 Å². The first kappa shape index (κ1) is 19.3. The smallest absolute Gasteiger partial charge is 0.243 e. The van der Waals surface area contributed by atoms with Gasteiger partial charge in [0.2, 0.25) is 10.0 Å². The minimum atomic E-state index is -4.02. The van der Waals surface area contributed by atoms with Crippen molar-refractivity contribution in [2.24, 2.45) is 0 Å². The highest BCUT2D eigenvalue weighted by molar-refractivity contribution is 7.92. The van der Waals surface area contributed by atoms with E-state index in [2.05, 4.69) is 0 Å². The van der Waals surface area contributed by atoms with Gasteiger partial charge in [-0.25, -0.2) is 16.8 Å². The summed E-state index contributed by atoms with van der Waals surface area (Å²) in [5.74, 6) is -0.670. The Morgan fingerprint density at radius 2 is 1.79 bits per heavy atom. The summed E-state index contributed by atoms with van der Waals surface area (Å²) < 4.78 is 50.0. The summed E-state index contributed by atoms with van der Waals surface area (Å²) in [6.45, 7) is 3.24. The predicted octanol–water partition coefficient (Wildman–Crippen LogP) is -0.0491. The van der Waals surface area contributed by atoms with Gasteiger partial charge in [0, 0.05) is 6.54 Å². The molecule has 24 heavy (non-hydrogen) atoms. The third-order valence-corrected chi connectivity index (χ3v) is 7.77. The van der Waals surface area contributed by atoms with Gasteiger partial charge in [-0.3, -0.25) is 0 Å². The molecule has 2 rings (SSSR count). The van der Waals surface area contributed by atoms with E-state index in [1.807, 2.05) is 13.8 Å². The standard InChI is InChI=1S/C15H23NO6S2/c1-11(2)12-3-5-13(6-4-12)24(21,22)16(7-8-17)14-9-23(19,20)10-15(14)18/h3-6,11,14-15,17-18H,7-10H2,1-2H3/t14-,15+/m0/s1. The number of nitrogens with zero attached hydrogens (tertiary/aromatic N) is 1. The summed E-state index contributed by atoms with van der Waals surface area (Å²) in [7, 11) is -7.53. The average molecular weight is 377 g/mol. The number of aliphatic hydroxyl groups is 2. The van der Waals surface area contributed by atoms with Gasteiger partial charge in [-0.15, -0.1) is 0 Å². The molecule has 1 fully saturated rings. The molecule has 1 aliphatic heterocycles. The third-order valence-electron chi connectivity index (χ3n) is 4.14. The van der Waals surface area contributed by atoms with Crippen LogP contribution < -0.4 is 0 Å². The van der Waals surface area contributed by atoms with Gasteiger partial charge in [-0.05, 0) is 23.6 Å². The van der Waals surface area contributed by atoms with Crippen LogP contribution >= 0.6 is 0 Å². The maximum Gasteiger partial charge on any atom is 0.243 e. The number of sulfonamides is 1. The van der Waals surface area contributed by atoms with Crippen LogP contribution in [0, 0.1) is 0 Å². The van der Waals surface area contributed by atoms with Crippen molar-refractivity contribution in [1.29, 1.82) is 0 Å². The summed E-state index contributed by atoms with van der Waals surface area (Å²) in [4.78, 5) is 0.0110. The molecule has 0 saturated carbocycles. The Hall–Kier alpha value is -1.00. The molecule has 0 radical (unpaired) electrons. The van der Waals surface area contributed by atoms with Crippen molar-refractivity contribution >= 4 is 19.9 Å². The Labute approximate surface area is 142 Å². The zero-order valence-electron chi connectivity index (χ0n) is 13.7. The van der Waals surface area contributed by atoms with Gasteiger partial charge < -0.3 is 10.2 Å². The lowest BCUT2D eigenvalue weighted by Gasteiger charge is -2.28. The van der Waals surface area contributed by atoms with Gasteiger partial charge in [-0.1, -0.05) is 26.0 Å². The quantitative estimate of drug-likeness (QED) is 0.719. The number of rotatable bonds is 6. The molecule has 2 N–H and O–H groups in total. The number of sulfone groups is 1. The predicted molar refractivity (Wildman–Crippen MR) is 90.0 cm³/mol. The molecule has 9 heteroatoms. The van der Waals surface area contributed by atoms with Gasteiger partial charge in [0.05, 0.1) is 35.2 Å². The summed E-state index contributed by atoms with van der Waals surface area (Å²) in [5.41, 5.74) is 0.978. The molecule has 136 valence electrons. The molecule has 0 unspecified atom stereocenters. The topological polar surface area (TPSA) is 112 Å². The summed E-state index contributed by atoms with van der Waals surface area (Å²) in [6.07, 6.45) is -1.30. The second-order valence-electron chi connectivity index (χ2n) is 6.27. The van der Waals surface area contributed by atoms with Crippen molar-refractivity contribution in [3.8, 4) is 0 Å². The molecule has 1 aliphatic rings. The van der Waals surface area contributed by atoms with Crippen molar-refractivity contribution in [3.05, 3.63) is 29.8 Å². The van der Waals surface area contributed by atoms with Gasteiger partial charge in [0.1, 0.15) is 0 Å². The van der Waals surface area contributed by atoms with Crippen LogP contribution in [0.3, 0.4) is 0 Å². The lowest BCUT2D eigenvalue weighted by molar-refractivity contribution is 0.117. The lowest BCUT2D eigenvalue weighted by atomic mass is 10.0. The molecule has 1 aromatic carbocycles. The van der Waals surface area contributed by atoms with Crippen LogP contribution in [-0.2, 0) is 19.9 Å². The largest absolute Gasteiger partial charge is 0.395 e. The summed E-state index contributed by atoms with van der Waals surface area (Å²) in [5, 5.41) is 19.2. The van der Waals surface area contributed by atoms with E-state index in [9.17, 15) is 27.0 Å². The van der Waals surface area contributed by atoms with Gasteiger partial charge in [0.15, 0.2) is 9.84 Å². The first-order valence-corrected chi connectivity index (χ1v) is 11.0. The van der Waals surface area contributed by atoms with Crippen molar-refractivity contribution in [2.45, 2.75) is 36.8 Å². The van der Waals surface area contributed by atoms with Crippen LogP contribution in [0.25, 0.3) is 0 Å². The fourth-order valence-electron chi connectivity index (χ4n) is 2.81. The SMILES string of the molecule is CC(C)c1ccc(S(=O)(=O)N(CCO)[C@H]2CS(=O)(=O)C[C@H]2O)cc1. The molecular weight excluding hydrogens is 354 g/mol. The normalized spacial score (nSPS) is 23.9. The Morgan fingerprint density at radius 1 is 1.21 bits per heavy atom. The molecule has 0 bridgehead atoms. The van der Waals surface area contributed by atoms with Crippen molar-refractivity contribution in [2.75, 3.05) is 24.7 Å². The number of hydrogen-bond acceptors (Lipinski definition) is 6. The minimum Gasteiger partial charge on any atom is -0.395 e. The Balaban J connectivity index is 2.38. The highest BCUT2D eigenvalue weighted by Crippen LogP contribution is 2.26. The molecule has 0 amide bonds. The molecule has 1 heterocycles. The zero-order valence-corrected chi connectivity index (χ0v) is 15.3. The number of aliphatic hydroxyl groups excluding tert-OH is 2. The highest BCUT2D eigenvalue weighted by atomic mass is 32.2. The molecule has 1 aromatic rings. The van der Waals surface area contributed by atoms with Crippen LogP contribution in [0.4, 0.5) is 0 Å². The van der Waals surface area contributed by atoms with Gasteiger partial charge in [-0.2, -0.15) is 4.31 Å². The van der Waals surface area contributed by atoms with E-state index < -0.39 is 50.1 Å². The summed E-state index contributed by atoms with van der Waals surface area (Å²) >= 11 is 0. The molecule has 0 aliphatic carbocycles. The molecule has 7 nitrogen and oxygen atoms in total. The third kappa shape index (κ3) is 3.97. The van der Waals surface area contributed by atoms with E-state index in [4.69, 9.17) is 0 Å². The fraction of sp³-hybridized carbons (Fsp3) is 0.600. The van der Waals surface area contributed by atoms with Crippen molar-refractivity contribution < 1.29 is 27.0 Å². The maximum atomic E-state index is 12.9. The molecular formula is C15H23NO6S2. The molecule has 2 atom stereocenters. The van der Waals surface area contributed by atoms with E-state index in [1.165, 1.54) is 12.1 Å².